The Morgan fingerprint density at radius 2 is 1.67 bits per heavy atom. The maximum absolute atomic E-state index is 5.83. The first kappa shape index (κ1) is 15.9. The van der Waals surface area contributed by atoms with E-state index >= 15 is 0 Å². The van der Waals surface area contributed by atoms with Gasteiger partial charge in [0.05, 0.1) is 0 Å². The first-order valence-electron chi connectivity index (χ1n) is 6.98. The van der Waals surface area contributed by atoms with Crippen LogP contribution in [0, 0.1) is 0 Å². The Morgan fingerprint density at radius 3 is 2.38 bits per heavy atom. The highest BCUT2D eigenvalue weighted by molar-refractivity contribution is 9.10. The fraction of sp³-hybridized carbons (Fsp3) is 0.294. The third kappa shape index (κ3) is 4.76. The summed E-state index contributed by atoms with van der Waals surface area (Å²) in [6, 6.07) is 16.1. The molecule has 0 bridgehead atoms. The number of benzene rings is 2. The molecule has 0 fully saturated rings. The Morgan fingerprint density at radius 1 is 1.00 bits per heavy atom. The molecular formula is C17H20BrNO2. The van der Waals surface area contributed by atoms with E-state index in [-0.39, 0.29) is 6.04 Å². The second kappa shape index (κ2) is 8.05. The summed E-state index contributed by atoms with van der Waals surface area (Å²) in [5, 5.41) is 3.23. The van der Waals surface area contributed by atoms with Gasteiger partial charge < -0.3 is 14.8 Å². The lowest BCUT2D eigenvalue weighted by Gasteiger charge is -2.16. The molecule has 112 valence electrons. The van der Waals surface area contributed by atoms with E-state index in [2.05, 4.69) is 34.2 Å². The fourth-order valence-corrected chi connectivity index (χ4v) is 2.23. The van der Waals surface area contributed by atoms with Gasteiger partial charge in [0, 0.05) is 16.1 Å². The minimum atomic E-state index is 0.258. The maximum Gasteiger partial charge on any atom is 0.124 e. The summed E-state index contributed by atoms with van der Waals surface area (Å²) in [4.78, 5) is 0. The zero-order chi connectivity index (χ0) is 15.1. The van der Waals surface area contributed by atoms with Crippen LogP contribution in [0.5, 0.6) is 11.5 Å². The summed E-state index contributed by atoms with van der Waals surface area (Å²) in [5.74, 6) is 1.75. The fourth-order valence-electron chi connectivity index (χ4n) is 1.97. The van der Waals surface area contributed by atoms with Crippen molar-refractivity contribution in [1.82, 2.24) is 5.32 Å². The lowest BCUT2D eigenvalue weighted by atomic mass is 10.1. The van der Waals surface area contributed by atoms with Gasteiger partial charge in [-0.1, -0.05) is 34.1 Å². The third-order valence-corrected chi connectivity index (χ3v) is 3.77. The lowest BCUT2D eigenvalue weighted by Crippen LogP contribution is -2.15. The molecule has 2 rings (SSSR count). The van der Waals surface area contributed by atoms with Crippen LogP contribution >= 0.6 is 15.9 Å². The van der Waals surface area contributed by atoms with Crippen molar-refractivity contribution in [3.05, 3.63) is 58.6 Å². The molecule has 0 radical (unpaired) electrons. The van der Waals surface area contributed by atoms with Crippen molar-refractivity contribution in [2.45, 2.75) is 13.0 Å². The quantitative estimate of drug-likeness (QED) is 0.760. The molecule has 4 heteroatoms. The average molecular weight is 350 g/mol. The van der Waals surface area contributed by atoms with Gasteiger partial charge >= 0.3 is 0 Å². The largest absolute Gasteiger partial charge is 0.490 e. The van der Waals surface area contributed by atoms with Gasteiger partial charge in [-0.05, 0) is 44.3 Å². The van der Waals surface area contributed by atoms with Gasteiger partial charge in [-0.15, -0.1) is 0 Å². The van der Waals surface area contributed by atoms with Crippen molar-refractivity contribution in [3.8, 4) is 11.5 Å². The Bertz CT molecular complexity index is 557. The maximum atomic E-state index is 5.83. The normalized spacial score (nSPS) is 12.0. The molecule has 0 aliphatic rings. The summed E-state index contributed by atoms with van der Waals surface area (Å²) >= 11 is 3.40. The van der Waals surface area contributed by atoms with Crippen LogP contribution in [0.3, 0.4) is 0 Å². The second-order valence-electron chi connectivity index (χ2n) is 4.70. The van der Waals surface area contributed by atoms with Crippen LogP contribution in [0.2, 0.25) is 0 Å². The molecule has 0 spiro atoms. The SMILES string of the molecule is CNC(C)c1ccccc1OCCOc1ccc(Br)cc1. The van der Waals surface area contributed by atoms with Crippen LogP contribution in [0.25, 0.3) is 0 Å². The molecule has 0 aliphatic heterocycles. The molecule has 1 unspecified atom stereocenters. The minimum Gasteiger partial charge on any atom is -0.490 e. The van der Waals surface area contributed by atoms with E-state index in [1.165, 1.54) is 0 Å². The summed E-state index contributed by atoms with van der Waals surface area (Å²) in [7, 11) is 1.94. The molecule has 0 aliphatic carbocycles. The number of hydrogen-bond donors (Lipinski definition) is 1. The van der Waals surface area contributed by atoms with Gasteiger partial charge in [-0.2, -0.15) is 0 Å². The van der Waals surface area contributed by atoms with Crippen LogP contribution in [0.4, 0.5) is 0 Å². The Hall–Kier alpha value is -1.52. The zero-order valence-electron chi connectivity index (χ0n) is 12.3. The number of rotatable bonds is 7. The molecule has 3 nitrogen and oxygen atoms in total. The van der Waals surface area contributed by atoms with Crippen LogP contribution in [0.1, 0.15) is 18.5 Å². The number of halogens is 1. The first-order chi connectivity index (χ1) is 10.2. The second-order valence-corrected chi connectivity index (χ2v) is 5.61. The molecule has 0 saturated carbocycles. The number of ether oxygens (including phenoxy) is 2. The van der Waals surface area contributed by atoms with Gasteiger partial charge in [0.15, 0.2) is 0 Å². The van der Waals surface area contributed by atoms with Crippen LogP contribution in [0.15, 0.2) is 53.0 Å². The molecule has 21 heavy (non-hydrogen) atoms. The van der Waals surface area contributed by atoms with E-state index in [0.717, 1.165) is 21.5 Å². The monoisotopic (exact) mass is 349 g/mol. The predicted octanol–water partition coefficient (Wildman–Crippen LogP) is 4.19. The van der Waals surface area contributed by atoms with E-state index < -0.39 is 0 Å². The van der Waals surface area contributed by atoms with Gasteiger partial charge in [-0.3, -0.25) is 0 Å². The van der Waals surface area contributed by atoms with Crippen molar-refractivity contribution in [2.24, 2.45) is 0 Å². The Labute approximate surface area is 134 Å². The van der Waals surface area contributed by atoms with E-state index in [1.807, 2.05) is 49.5 Å². The van der Waals surface area contributed by atoms with E-state index in [9.17, 15) is 0 Å². The summed E-state index contributed by atoms with van der Waals surface area (Å²) < 4.78 is 12.5. The summed E-state index contributed by atoms with van der Waals surface area (Å²) in [6.07, 6.45) is 0. The number of nitrogens with one attached hydrogen (secondary N) is 1. The average Bonchev–Trinajstić information content (AvgIpc) is 2.53. The van der Waals surface area contributed by atoms with E-state index in [4.69, 9.17) is 9.47 Å². The van der Waals surface area contributed by atoms with Gasteiger partial charge in [0.1, 0.15) is 24.7 Å². The van der Waals surface area contributed by atoms with Crippen LogP contribution in [-0.2, 0) is 0 Å². The smallest absolute Gasteiger partial charge is 0.124 e. The number of hydrogen-bond acceptors (Lipinski definition) is 3. The lowest BCUT2D eigenvalue weighted by molar-refractivity contribution is 0.215. The topological polar surface area (TPSA) is 30.5 Å². The Kier molecular flexibility index (Phi) is 6.08. The number of para-hydroxylation sites is 1. The molecule has 0 amide bonds. The zero-order valence-corrected chi connectivity index (χ0v) is 13.9. The minimum absolute atomic E-state index is 0.258. The summed E-state index contributed by atoms with van der Waals surface area (Å²) in [6.45, 7) is 3.15. The third-order valence-electron chi connectivity index (χ3n) is 3.24. The van der Waals surface area contributed by atoms with Crippen molar-refractivity contribution in [3.63, 3.8) is 0 Å². The van der Waals surface area contributed by atoms with Crippen molar-refractivity contribution >= 4 is 15.9 Å². The standard InChI is InChI=1S/C17H20BrNO2/c1-13(19-2)16-5-3-4-6-17(16)21-12-11-20-15-9-7-14(18)8-10-15/h3-10,13,19H,11-12H2,1-2H3. The molecule has 0 saturated heterocycles. The van der Waals surface area contributed by atoms with Crippen molar-refractivity contribution in [2.75, 3.05) is 20.3 Å². The molecule has 0 heterocycles. The summed E-state index contributed by atoms with van der Waals surface area (Å²) in [5.41, 5.74) is 1.16. The first-order valence-corrected chi connectivity index (χ1v) is 7.77. The molecule has 2 aromatic carbocycles. The van der Waals surface area contributed by atoms with Gasteiger partial charge in [0.25, 0.3) is 0 Å². The highest BCUT2D eigenvalue weighted by atomic mass is 79.9. The molecule has 2 aromatic rings. The van der Waals surface area contributed by atoms with Crippen LogP contribution in [-0.4, -0.2) is 20.3 Å². The van der Waals surface area contributed by atoms with Gasteiger partial charge in [0.2, 0.25) is 0 Å². The Balaban J connectivity index is 1.85. The van der Waals surface area contributed by atoms with Crippen molar-refractivity contribution < 1.29 is 9.47 Å². The molecule has 1 N–H and O–H groups in total. The predicted molar refractivity (Wildman–Crippen MR) is 89.0 cm³/mol. The van der Waals surface area contributed by atoms with Gasteiger partial charge in [-0.25, -0.2) is 0 Å². The van der Waals surface area contributed by atoms with Crippen LogP contribution < -0.4 is 14.8 Å². The highest BCUT2D eigenvalue weighted by Crippen LogP contribution is 2.24. The van der Waals surface area contributed by atoms with E-state index in [0.29, 0.717) is 13.2 Å². The molecule has 1 atom stereocenters. The molecular weight excluding hydrogens is 330 g/mol. The van der Waals surface area contributed by atoms with E-state index in [1.54, 1.807) is 0 Å². The van der Waals surface area contributed by atoms with Crippen molar-refractivity contribution in [1.29, 1.82) is 0 Å². The highest BCUT2D eigenvalue weighted by Gasteiger charge is 2.08. The molecule has 0 aromatic heterocycles.